The number of H-pyrrole nitrogens is 1. The summed E-state index contributed by atoms with van der Waals surface area (Å²) in [7, 11) is 0. The van der Waals surface area contributed by atoms with Crippen LogP contribution < -0.4 is 10.6 Å². The van der Waals surface area contributed by atoms with Gasteiger partial charge < -0.3 is 30.7 Å². The van der Waals surface area contributed by atoms with Gasteiger partial charge >= 0.3 is 0 Å². The van der Waals surface area contributed by atoms with E-state index in [0.717, 1.165) is 22.0 Å². The van der Waals surface area contributed by atoms with Crippen molar-refractivity contribution in [3.05, 3.63) is 108 Å². The zero-order chi connectivity index (χ0) is 29.7. The zero-order valence-corrected chi connectivity index (χ0v) is 23.3. The number of aliphatic hydroxyl groups excluding tert-OH is 1. The first-order valence-corrected chi connectivity index (χ1v) is 13.9. The molecule has 42 heavy (non-hydrogen) atoms. The quantitative estimate of drug-likeness (QED) is 0.174. The number of anilines is 2. The number of aliphatic hydroxyl groups is 2. The molecule has 0 unspecified atom stereocenters. The Morgan fingerprint density at radius 2 is 1.83 bits per heavy atom. The second-order valence-corrected chi connectivity index (χ2v) is 10.5. The van der Waals surface area contributed by atoms with Crippen molar-refractivity contribution in [1.29, 1.82) is 0 Å². The van der Waals surface area contributed by atoms with Gasteiger partial charge in [-0.15, -0.1) is 0 Å². The lowest BCUT2D eigenvalue weighted by Crippen LogP contribution is -2.39. The zero-order valence-electron chi connectivity index (χ0n) is 23.3. The molecule has 4 aromatic rings. The molecule has 0 spiro atoms. The topological polar surface area (TPSA) is 135 Å². The highest BCUT2D eigenvalue weighted by Gasteiger charge is 2.48. The maximum atomic E-state index is 13.0. The maximum Gasteiger partial charge on any atom is 0.261 e. The highest BCUT2D eigenvalue weighted by molar-refractivity contribution is 6.06. The van der Waals surface area contributed by atoms with Crippen molar-refractivity contribution >= 4 is 40.0 Å². The van der Waals surface area contributed by atoms with Gasteiger partial charge in [-0.1, -0.05) is 67.6 Å². The molecule has 0 bridgehead atoms. The molecular weight excluding hydrogens is 532 g/mol. The van der Waals surface area contributed by atoms with Crippen LogP contribution >= 0.6 is 0 Å². The summed E-state index contributed by atoms with van der Waals surface area (Å²) in [6, 6.07) is 22.2. The van der Waals surface area contributed by atoms with Crippen LogP contribution in [0, 0.1) is 5.92 Å². The minimum Gasteiger partial charge on any atom is -0.395 e. The monoisotopic (exact) mass is 566 g/mol. The predicted molar refractivity (Wildman–Crippen MR) is 161 cm³/mol. The average Bonchev–Trinajstić information content (AvgIpc) is 3.51. The van der Waals surface area contributed by atoms with Crippen molar-refractivity contribution in [2.45, 2.75) is 31.9 Å². The van der Waals surface area contributed by atoms with E-state index in [2.05, 4.69) is 15.6 Å². The van der Waals surface area contributed by atoms with Crippen LogP contribution in [0.5, 0.6) is 0 Å². The van der Waals surface area contributed by atoms with E-state index < -0.39 is 17.4 Å². The van der Waals surface area contributed by atoms with Gasteiger partial charge in [-0.3, -0.25) is 14.4 Å². The summed E-state index contributed by atoms with van der Waals surface area (Å²) in [5.74, 6) is -1.66. The normalized spacial score (nSPS) is 16.8. The number of nitrogens with one attached hydrogen (secondary N) is 3. The standard InChI is InChI=1S/C33H34N4O5/c1-22(8-7-13-31(40)37(16-17-38)21-23-9-3-2-4-10-23)33(42)27-19-25(14-15-29(27)36-32(33)41)35-30(39)18-24-20-34-28-12-6-5-11-26(24)28/h2-12,14-15,19-20,22,34,38,42H,13,16-18,21H2,1H3,(H,35,39)(H,36,41)/b8-7+/t22-,33+/m1/s1. The Balaban J connectivity index is 1.26. The van der Waals surface area contributed by atoms with Crippen LogP contribution in [-0.4, -0.2) is 51.0 Å². The van der Waals surface area contributed by atoms with Crippen LogP contribution in [0.1, 0.15) is 30.0 Å². The molecular formula is C33H34N4O5. The van der Waals surface area contributed by atoms with Crippen LogP contribution in [0.2, 0.25) is 0 Å². The number of benzene rings is 3. The van der Waals surface area contributed by atoms with E-state index in [9.17, 15) is 24.6 Å². The lowest BCUT2D eigenvalue weighted by molar-refractivity contribution is -0.137. The van der Waals surface area contributed by atoms with E-state index in [-0.39, 0.29) is 37.8 Å². The van der Waals surface area contributed by atoms with Gasteiger partial charge in [-0.25, -0.2) is 0 Å². The number of nitrogens with zero attached hydrogens (tertiary/aromatic N) is 1. The first-order chi connectivity index (χ1) is 20.3. The molecule has 1 aliphatic rings. The first-order valence-electron chi connectivity index (χ1n) is 13.9. The smallest absolute Gasteiger partial charge is 0.261 e. The largest absolute Gasteiger partial charge is 0.395 e. The lowest BCUT2D eigenvalue weighted by Gasteiger charge is -2.26. The number of amides is 3. The van der Waals surface area contributed by atoms with Gasteiger partial charge in [0.1, 0.15) is 0 Å². The van der Waals surface area contributed by atoms with Crippen molar-refractivity contribution in [1.82, 2.24) is 9.88 Å². The van der Waals surface area contributed by atoms with Crippen LogP contribution in [-0.2, 0) is 33.0 Å². The fraction of sp³-hybridized carbons (Fsp3) is 0.242. The van der Waals surface area contributed by atoms with Crippen LogP contribution in [0.4, 0.5) is 11.4 Å². The fourth-order valence-corrected chi connectivity index (χ4v) is 5.35. The van der Waals surface area contributed by atoms with E-state index in [1.165, 1.54) is 0 Å². The van der Waals surface area contributed by atoms with E-state index >= 15 is 0 Å². The molecule has 5 N–H and O–H groups in total. The molecule has 0 saturated carbocycles. The van der Waals surface area contributed by atoms with E-state index in [4.69, 9.17) is 0 Å². The molecule has 2 atom stereocenters. The van der Waals surface area contributed by atoms with Gasteiger partial charge in [-0.2, -0.15) is 0 Å². The molecule has 2 heterocycles. The summed E-state index contributed by atoms with van der Waals surface area (Å²) in [6.07, 6.45) is 5.31. The van der Waals surface area contributed by atoms with E-state index in [1.807, 2.05) is 60.8 Å². The molecule has 9 nitrogen and oxygen atoms in total. The first kappa shape index (κ1) is 28.8. The van der Waals surface area contributed by atoms with Crippen molar-refractivity contribution in [3.63, 3.8) is 0 Å². The molecule has 9 heteroatoms. The molecule has 216 valence electrons. The number of rotatable bonds is 11. The van der Waals surface area contributed by atoms with Crippen LogP contribution in [0.15, 0.2) is 91.1 Å². The van der Waals surface area contributed by atoms with Crippen LogP contribution in [0.3, 0.4) is 0 Å². The maximum absolute atomic E-state index is 13.0. The van der Waals surface area contributed by atoms with Crippen LogP contribution in [0.25, 0.3) is 10.9 Å². The van der Waals surface area contributed by atoms with Gasteiger partial charge in [0.2, 0.25) is 11.8 Å². The molecule has 0 fully saturated rings. The third-order valence-electron chi connectivity index (χ3n) is 7.65. The predicted octanol–water partition coefficient (Wildman–Crippen LogP) is 4.09. The van der Waals surface area contributed by atoms with Crippen molar-refractivity contribution in [3.8, 4) is 0 Å². The number of hydrogen-bond acceptors (Lipinski definition) is 5. The summed E-state index contributed by atoms with van der Waals surface area (Å²) < 4.78 is 0. The molecule has 1 aliphatic heterocycles. The van der Waals surface area contributed by atoms with E-state index in [0.29, 0.717) is 23.5 Å². The van der Waals surface area contributed by atoms with Gasteiger partial charge in [0.15, 0.2) is 5.60 Å². The second kappa shape index (κ2) is 12.4. The Kier molecular flexibility index (Phi) is 8.51. The highest BCUT2D eigenvalue weighted by Crippen LogP contribution is 2.43. The number of aromatic amines is 1. The Labute approximate surface area is 243 Å². The summed E-state index contributed by atoms with van der Waals surface area (Å²) in [5, 5.41) is 27.6. The Bertz CT molecular complexity index is 1630. The minimum atomic E-state index is -1.89. The van der Waals surface area contributed by atoms with Gasteiger partial charge in [0.05, 0.1) is 13.0 Å². The number of fused-ring (bicyclic) bond motifs is 2. The summed E-state index contributed by atoms with van der Waals surface area (Å²) >= 11 is 0. The van der Waals surface area contributed by atoms with Crippen molar-refractivity contribution in [2.75, 3.05) is 23.8 Å². The van der Waals surface area contributed by atoms with Gasteiger partial charge in [-0.05, 0) is 35.4 Å². The Morgan fingerprint density at radius 1 is 1.07 bits per heavy atom. The van der Waals surface area contributed by atoms with E-state index in [1.54, 1.807) is 42.2 Å². The second-order valence-electron chi connectivity index (χ2n) is 10.5. The average molecular weight is 567 g/mol. The molecule has 0 aliphatic carbocycles. The number of aromatic nitrogens is 1. The Morgan fingerprint density at radius 3 is 2.62 bits per heavy atom. The summed E-state index contributed by atoms with van der Waals surface area (Å²) in [4.78, 5) is 43.5. The molecule has 3 aromatic carbocycles. The molecule has 1 aromatic heterocycles. The summed E-state index contributed by atoms with van der Waals surface area (Å²) in [5.41, 5.74) is 2.16. The third kappa shape index (κ3) is 5.97. The minimum absolute atomic E-state index is 0.0473. The number of carbonyl (C=O) groups excluding carboxylic acids is 3. The van der Waals surface area contributed by atoms with Crippen molar-refractivity contribution < 1.29 is 24.6 Å². The number of para-hydroxylation sites is 1. The highest BCUT2D eigenvalue weighted by atomic mass is 16.3. The number of carbonyl (C=O) groups is 3. The van der Waals surface area contributed by atoms with Gasteiger partial charge in [0, 0.05) is 59.5 Å². The molecule has 3 amide bonds. The lowest BCUT2D eigenvalue weighted by atomic mass is 9.82. The van der Waals surface area contributed by atoms with Crippen molar-refractivity contribution in [2.24, 2.45) is 5.92 Å². The fourth-order valence-electron chi connectivity index (χ4n) is 5.35. The third-order valence-corrected chi connectivity index (χ3v) is 7.65. The molecule has 0 radical (unpaired) electrons. The Hall–Kier alpha value is -4.73. The molecule has 5 rings (SSSR count). The van der Waals surface area contributed by atoms with Gasteiger partial charge in [0.25, 0.3) is 5.91 Å². The molecule has 0 saturated heterocycles. The summed E-state index contributed by atoms with van der Waals surface area (Å²) in [6.45, 7) is 2.12. The number of hydrogen-bond donors (Lipinski definition) is 5. The SMILES string of the molecule is C[C@H](/C=C/CC(=O)N(CCO)Cc1ccccc1)[C@@]1(O)C(=O)Nc2ccc(NC(=O)Cc3c[nH]c4ccccc34)cc21.